The topological polar surface area (TPSA) is 47.6 Å². The van der Waals surface area contributed by atoms with Gasteiger partial charge in [0.25, 0.3) is 5.91 Å². The molecule has 0 aromatic heterocycles. The number of benzene rings is 2. The number of hydrogen-bond acceptors (Lipinski definition) is 3. The average molecular weight is 343 g/mol. The summed E-state index contributed by atoms with van der Waals surface area (Å²) >= 11 is 0. The van der Waals surface area contributed by atoms with Crippen molar-refractivity contribution in [3.8, 4) is 11.5 Å². The van der Waals surface area contributed by atoms with Gasteiger partial charge in [-0.3, -0.25) is 4.79 Å². The second kappa shape index (κ2) is 8.19. The van der Waals surface area contributed by atoms with Gasteiger partial charge in [0.05, 0.1) is 0 Å². The largest absolute Gasteiger partial charge is 0.435 e. The highest BCUT2D eigenvalue weighted by Crippen LogP contribution is 2.17. The Hall–Kier alpha value is -2.77. The zero-order valence-corrected chi connectivity index (χ0v) is 12.2. The molecule has 0 unspecified atom stereocenters. The minimum atomic E-state index is -2.97. The van der Waals surface area contributed by atoms with Crippen LogP contribution in [0.3, 0.4) is 0 Å². The Morgan fingerprint density at radius 2 is 1.54 bits per heavy atom. The Morgan fingerprint density at radius 3 is 2.17 bits per heavy atom. The number of carbonyl (C=O) groups is 1. The first-order chi connectivity index (χ1) is 11.4. The van der Waals surface area contributed by atoms with Crippen molar-refractivity contribution in [1.29, 1.82) is 0 Å². The van der Waals surface area contributed by atoms with Crippen molar-refractivity contribution >= 4 is 5.91 Å². The monoisotopic (exact) mass is 343 g/mol. The molecule has 4 nitrogen and oxygen atoms in total. The van der Waals surface area contributed by atoms with E-state index in [1.165, 1.54) is 48.5 Å². The summed E-state index contributed by atoms with van der Waals surface area (Å²) in [4.78, 5) is 12.0. The molecule has 1 N–H and O–H groups in total. The van der Waals surface area contributed by atoms with Gasteiger partial charge in [-0.1, -0.05) is 18.2 Å². The second-order valence-electron chi connectivity index (χ2n) is 4.61. The molecule has 0 saturated carbocycles. The van der Waals surface area contributed by atoms with E-state index in [1.54, 1.807) is 0 Å². The maximum atomic E-state index is 12.2. The van der Waals surface area contributed by atoms with E-state index >= 15 is 0 Å². The maximum absolute atomic E-state index is 12.2. The van der Waals surface area contributed by atoms with Gasteiger partial charge in [0.2, 0.25) is 0 Å². The zero-order chi connectivity index (χ0) is 17.5. The lowest BCUT2D eigenvalue weighted by atomic mass is 10.2. The molecule has 0 atom stereocenters. The third-order valence-electron chi connectivity index (χ3n) is 2.92. The van der Waals surface area contributed by atoms with Gasteiger partial charge in [-0.25, -0.2) is 0 Å². The first-order valence-corrected chi connectivity index (χ1v) is 6.81. The molecule has 0 radical (unpaired) electrons. The van der Waals surface area contributed by atoms with Crippen LogP contribution in [0.5, 0.6) is 11.5 Å². The van der Waals surface area contributed by atoms with Gasteiger partial charge in [0.15, 0.2) is 0 Å². The molecule has 2 aromatic carbocycles. The average Bonchev–Trinajstić information content (AvgIpc) is 2.53. The van der Waals surface area contributed by atoms with Crippen LogP contribution in [-0.2, 0) is 6.54 Å². The van der Waals surface area contributed by atoms with Crippen LogP contribution in [0.1, 0.15) is 15.9 Å². The molecule has 0 spiro atoms. The molecule has 0 aliphatic heterocycles. The van der Waals surface area contributed by atoms with Crippen LogP contribution in [0, 0.1) is 0 Å². The highest BCUT2D eigenvalue weighted by atomic mass is 19.3. The Morgan fingerprint density at radius 1 is 0.917 bits per heavy atom. The van der Waals surface area contributed by atoms with Crippen molar-refractivity contribution in [2.24, 2.45) is 0 Å². The smallest absolute Gasteiger partial charge is 0.387 e. The van der Waals surface area contributed by atoms with E-state index in [4.69, 9.17) is 0 Å². The van der Waals surface area contributed by atoms with E-state index in [-0.39, 0.29) is 23.6 Å². The first kappa shape index (κ1) is 17.6. The Balaban J connectivity index is 1.93. The van der Waals surface area contributed by atoms with Gasteiger partial charge < -0.3 is 14.8 Å². The SMILES string of the molecule is O=C(NCc1ccc(OC(F)F)cc1)c1cccc(OC(F)F)c1. The van der Waals surface area contributed by atoms with E-state index < -0.39 is 19.1 Å². The molecular formula is C16H13F4NO3. The van der Waals surface area contributed by atoms with Crippen LogP contribution in [0.4, 0.5) is 17.6 Å². The van der Waals surface area contributed by atoms with Crippen LogP contribution in [0.25, 0.3) is 0 Å². The van der Waals surface area contributed by atoms with Crippen molar-refractivity contribution in [3.63, 3.8) is 0 Å². The molecule has 2 aromatic rings. The molecule has 0 aliphatic rings. The molecule has 2 rings (SSSR count). The van der Waals surface area contributed by atoms with Crippen LogP contribution in [0.2, 0.25) is 0 Å². The minimum absolute atomic E-state index is 0.0110. The highest BCUT2D eigenvalue weighted by Gasteiger charge is 2.10. The number of rotatable bonds is 7. The molecule has 128 valence electrons. The lowest BCUT2D eigenvalue weighted by Gasteiger charge is -2.09. The zero-order valence-electron chi connectivity index (χ0n) is 12.2. The summed E-state index contributed by atoms with van der Waals surface area (Å²) in [7, 11) is 0. The Bertz CT molecular complexity index is 677. The number of amides is 1. The van der Waals surface area contributed by atoms with Crippen molar-refractivity contribution in [1.82, 2.24) is 5.32 Å². The number of ether oxygens (including phenoxy) is 2. The van der Waals surface area contributed by atoms with Gasteiger partial charge in [-0.15, -0.1) is 0 Å². The highest BCUT2D eigenvalue weighted by molar-refractivity contribution is 5.94. The van der Waals surface area contributed by atoms with E-state index in [9.17, 15) is 22.4 Å². The standard InChI is InChI=1S/C16H13F4NO3/c17-15(18)23-12-6-4-10(5-7-12)9-21-14(22)11-2-1-3-13(8-11)24-16(19)20/h1-8,15-16H,9H2,(H,21,22). The summed E-state index contributed by atoms with van der Waals surface area (Å²) in [5, 5.41) is 2.59. The molecule has 0 aliphatic carbocycles. The molecule has 0 fully saturated rings. The third-order valence-corrected chi connectivity index (χ3v) is 2.92. The minimum Gasteiger partial charge on any atom is -0.435 e. The molecule has 0 bridgehead atoms. The van der Waals surface area contributed by atoms with E-state index in [1.807, 2.05) is 0 Å². The summed E-state index contributed by atoms with van der Waals surface area (Å²) in [5.74, 6) is -0.592. The molecule has 1 amide bonds. The summed E-state index contributed by atoms with van der Waals surface area (Å²) in [5.41, 5.74) is 0.816. The Labute approximate surface area is 135 Å². The molecule has 0 saturated heterocycles. The van der Waals surface area contributed by atoms with E-state index in [0.717, 1.165) is 0 Å². The molecule has 8 heteroatoms. The van der Waals surface area contributed by atoms with Crippen LogP contribution < -0.4 is 14.8 Å². The lowest BCUT2D eigenvalue weighted by Crippen LogP contribution is -2.22. The fourth-order valence-electron chi connectivity index (χ4n) is 1.89. The number of alkyl halides is 4. The number of carbonyl (C=O) groups excluding carboxylic acids is 1. The number of hydrogen-bond donors (Lipinski definition) is 1. The van der Waals surface area contributed by atoms with Crippen LogP contribution in [-0.4, -0.2) is 19.1 Å². The van der Waals surface area contributed by atoms with Crippen molar-refractivity contribution < 1.29 is 31.8 Å². The number of nitrogens with one attached hydrogen (secondary N) is 1. The fraction of sp³-hybridized carbons (Fsp3) is 0.188. The summed E-state index contributed by atoms with van der Waals surface area (Å²) < 4.78 is 56.8. The van der Waals surface area contributed by atoms with Gasteiger partial charge >= 0.3 is 13.2 Å². The third kappa shape index (κ3) is 5.45. The van der Waals surface area contributed by atoms with Crippen molar-refractivity contribution in [2.45, 2.75) is 19.8 Å². The second-order valence-corrected chi connectivity index (χ2v) is 4.61. The Kier molecular flexibility index (Phi) is 6.00. The van der Waals surface area contributed by atoms with Gasteiger partial charge in [-0.05, 0) is 35.9 Å². The first-order valence-electron chi connectivity index (χ1n) is 6.81. The van der Waals surface area contributed by atoms with Crippen molar-refractivity contribution in [2.75, 3.05) is 0 Å². The fourth-order valence-corrected chi connectivity index (χ4v) is 1.89. The van der Waals surface area contributed by atoms with Gasteiger partial charge in [0, 0.05) is 12.1 Å². The predicted molar refractivity (Wildman–Crippen MR) is 77.3 cm³/mol. The molecular weight excluding hydrogens is 330 g/mol. The van der Waals surface area contributed by atoms with E-state index in [2.05, 4.69) is 14.8 Å². The predicted octanol–water partition coefficient (Wildman–Crippen LogP) is 3.82. The van der Waals surface area contributed by atoms with Crippen molar-refractivity contribution in [3.05, 3.63) is 59.7 Å². The maximum Gasteiger partial charge on any atom is 0.387 e. The molecule has 0 heterocycles. The molecule has 24 heavy (non-hydrogen) atoms. The van der Waals surface area contributed by atoms with E-state index in [0.29, 0.717) is 5.56 Å². The van der Waals surface area contributed by atoms with Crippen LogP contribution >= 0.6 is 0 Å². The summed E-state index contributed by atoms with van der Waals surface area (Å²) in [6.45, 7) is -5.75. The van der Waals surface area contributed by atoms with Gasteiger partial charge in [0.1, 0.15) is 11.5 Å². The quantitative estimate of drug-likeness (QED) is 0.778. The summed E-state index contributed by atoms with van der Waals surface area (Å²) in [6.07, 6.45) is 0. The van der Waals surface area contributed by atoms with Gasteiger partial charge in [-0.2, -0.15) is 17.6 Å². The summed E-state index contributed by atoms with van der Waals surface area (Å²) in [6, 6.07) is 11.1. The number of halogens is 4. The lowest BCUT2D eigenvalue weighted by molar-refractivity contribution is -0.0505. The normalized spacial score (nSPS) is 10.8. The van der Waals surface area contributed by atoms with Crippen LogP contribution in [0.15, 0.2) is 48.5 Å².